The zero-order valence-electron chi connectivity index (χ0n) is 22.9. The fraction of sp³-hybridized carbons (Fsp3) is 0.481. The molecule has 10 nitrogen and oxygen atoms in total. The molecule has 0 saturated carbocycles. The summed E-state index contributed by atoms with van der Waals surface area (Å²) in [5.41, 5.74) is 2.27. The van der Waals surface area contributed by atoms with E-state index in [9.17, 15) is 9.59 Å². The normalized spacial score (nSPS) is 13.2. The summed E-state index contributed by atoms with van der Waals surface area (Å²) < 4.78 is 10.6. The Hall–Kier alpha value is -3.37. The summed E-state index contributed by atoms with van der Waals surface area (Å²) >= 11 is 6.41. The number of aromatic nitrogens is 2. The Bertz CT molecular complexity index is 1080. The van der Waals surface area contributed by atoms with Gasteiger partial charge >= 0.3 is 0 Å². The number of carbonyl (C=O) groups is 2. The molecule has 1 aliphatic heterocycles. The molecule has 0 radical (unpaired) electrons. The van der Waals surface area contributed by atoms with E-state index in [1.165, 1.54) is 13.5 Å². The Kier molecular flexibility index (Phi) is 13.4. The summed E-state index contributed by atoms with van der Waals surface area (Å²) in [4.78, 5) is 36.5. The van der Waals surface area contributed by atoms with Crippen LogP contribution in [-0.4, -0.2) is 76.2 Å². The molecule has 0 atom stereocenters. The first-order valence-electron chi connectivity index (χ1n) is 12.8. The number of nitrogens with zero attached hydrogens (tertiary/aromatic N) is 4. The van der Waals surface area contributed by atoms with Gasteiger partial charge in [-0.3, -0.25) is 9.59 Å². The second-order valence-corrected chi connectivity index (χ2v) is 8.76. The number of allylic oxidation sites excluding steroid dienone is 1. The molecule has 3 rings (SSSR count). The summed E-state index contributed by atoms with van der Waals surface area (Å²) in [6, 6.07) is 5.69. The van der Waals surface area contributed by atoms with Crippen LogP contribution in [0.25, 0.3) is 6.08 Å². The Morgan fingerprint density at radius 1 is 1.24 bits per heavy atom. The predicted molar refractivity (Wildman–Crippen MR) is 153 cm³/mol. The van der Waals surface area contributed by atoms with Crippen molar-refractivity contribution >= 4 is 53.0 Å². The van der Waals surface area contributed by atoms with Gasteiger partial charge in [0.2, 0.25) is 5.95 Å². The van der Waals surface area contributed by atoms with Crippen molar-refractivity contribution in [2.24, 2.45) is 0 Å². The van der Waals surface area contributed by atoms with Gasteiger partial charge in [-0.25, -0.2) is 4.98 Å². The van der Waals surface area contributed by atoms with Crippen LogP contribution >= 0.6 is 11.6 Å². The van der Waals surface area contributed by atoms with Gasteiger partial charge in [-0.15, -0.1) is 0 Å². The van der Waals surface area contributed by atoms with Crippen LogP contribution in [0.1, 0.15) is 38.7 Å². The van der Waals surface area contributed by atoms with Crippen molar-refractivity contribution in [3.63, 3.8) is 0 Å². The summed E-state index contributed by atoms with van der Waals surface area (Å²) in [5, 5.41) is 6.14. The highest BCUT2D eigenvalue weighted by molar-refractivity contribution is 6.32. The molecule has 1 aliphatic rings. The van der Waals surface area contributed by atoms with Crippen LogP contribution in [0.3, 0.4) is 0 Å². The van der Waals surface area contributed by atoms with Crippen molar-refractivity contribution in [2.75, 3.05) is 69.2 Å². The maximum atomic E-state index is 11.7. The number of likely N-dealkylation sites (N-methyl/N-ethyl adjacent to an activating group) is 2. The number of hydrogen-bond acceptors (Lipinski definition) is 9. The minimum Gasteiger partial charge on any atom is -0.480 e. The summed E-state index contributed by atoms with van der Waals surface area (Å²) in [5.74, 6) is 0.834. The van der Waals surface area contributed by atoms with E-state index in [2.05, 4.69) is 25.5 Å². The monoisotopic (exact) mass is 546 g/mol. The number of rotatable bonds is 12. The number of amides is 1. The molecule has 0 unspecified atom stereocenters. The van der Waals surface area contributed by atoms with Crippen LogP contribution in [0.15, 0.2) is 30.2 Å². The molecule has 0 aliphatic carbocycles. The average Bonchev–Trinajstić information content (AvgIpc) is 2.96. The molecular weight excluding hydrogens is 508 g/mol. The standard InChI is InChI=1S/C25H33ClN6O4.C2H6/c1-27-23(34)17-36-20(16-33)14-18-13-19(7-8-22(18)31(2)11-12-35-3)29-24-21(26)15-28-25(30-24)32-9-5-4-6-10-32;1-2/h7-8,13-16H,4-6,9-12,17H2,1-3H3,(H,27,34)(H,28,29,30);1-2H3/b20-14+;. The van der Waals surface area contributed by atoms with E-state index < -0.39 is 0 Å². The first-order valence-corrected chi connectivity index (χ1v) is 13.2. The van der Waals surface area contributed by atoms with Gasteiger partial charge in [0.1, 0.15) is 5.02 Å². The van der Waals surface area contributed by atoms with Gasteiger partial charge in [0.15, 0.2) is 24.5 Å². The van der Waals surface area contributed by atoms with E-state index in [0.29, 0.717) is 47.5 Å². The van der Waals surface area contributed by atoms with Crippen LogP contribution in [0.4, 0.5) is 23.1 Å². The molecule has 208 valence electrons. The molecule has 38 heavy (non-hydrogen) atoms. The number of benzene rings is 1. The van der Waals surface area contributed by atoms with Crippen molar-refractivity contribution in [1.29, 1.82) is 0 Å². The first-order chi connectivity index (χ1) is 18.4. The number of halogens is 1. The van der Waals surface area contributed by atoms with E-state index in [1.54, 1.807) is 19.4 Å². The zero-order valence-corrected chi connectivity index (χ0v) is 23.7. The molecule has 1 aromatic heterocycles. The number of aldehydes is 1. The van der Waals surface area contributed by atoms with Crippen LogP contribution < -0.4 is 20.4 Å². The third-order valence-electron chi connectivity index (χ3n) is 5.77. The number of piperidine rings is 1. The highest BCUT2D eigenvalue weighted by Crippen LogP contribution is 2.30. The summed E-state index contributed by atoms with van der Waals surface area (Å²) in [6.07, 6.45) is 7.22. The number of nitrogens with one attached hydrogen (secondary N) is 2. The highest BCUT2D eigenvalue weighted by Gasteiger charge is 2.16. The Morgan fingerprint density at radius 2 is 1.97 bits per heavy atom. The van der Waals surface area contributed by atoms with Crippen LogP contribution in [0.2, 0.25) is 5.02 Å². The lowest BCUT2D eigenvalue weighted by atomic mass is 10.1. The predicted octanol–water partition coefficient (Wildman–Crippen LogP) is 4.28. The maximum absolute atomic E-state index is 11.7. The first kappa shape index (κ1) is 30.9. The van der Waals surface area contributed by atoms with Gasteiger partial charge in [-0.05, 0) is 43.5 Å². The smallest absolute Gasteiger partial charge is 0.257 e. The second kappa shape index (κ2) is 16.5. The SMILES string of the molecule is CC.CNC(=O)CO/C(C=O)=C/c1cc(Nc2nc(N3CCCCC3)ncc2Cl)ccc1N(C)CCOC. The zero-order chi connectivity index (χ0) is 27.9. The van der Waals surface area contributed by atoms with E-state index in [1.807, 2.05) is 44.0 Å². The number of anilines is 4. The van der Waals surface area contributed by atoms with Crippen molar-refractivity contribution in [3.05, 3.63) is 40.7 Å². The summed E-state index contributed by atoms with van der Waals surface area (Å²) in [6.45, 7) is 6.75. The number of ether oxygens (including phenoxy) is 2. The fourth-order valence-electron chi connectivity index (χ4n) is 3.76. The molecule has 11 heteroatoms. The number of hydrogen-bond donors (Lipinski definition) is 2. The second-order valence-electron chi connectivity index (χ2n) is 8.35. The average molecular weight is 547 g/mol. The lowest BCUT2D eigenvalue weighted by molar-refractivity contribution is -0.124. The number of methoxy groups -OCH3 is 1. The quantitative estimate of drug-likeness (QED) is 0.229. The lowest BCUT2D eigenvalue weighted by Crippen LogP contribution is -2.31. The maximum Gasteiger partial charge on any atom is 0.257 e. The molecule has 1 saturated heterocycles. The van der Waals surface area contributed by atoms with Crippen LogP contribution in [0.5, 0.6) is 0 Å². The van der Waals surface area contributed by atoms with Crippen LogP contribution in [0, 0.1) is 0 Å². The molecule has 1 fully saturated rings. The van der Waals surface area contributed by atoms with Gasteiger partial charge in [-0.2, -0.15) is 4.98 Å². The van der Waals surface area contributed by atoms with E-state index in [4.69, 9.17) is 21.1 Å². The van der Waals surface area contributed by atoms with Gasteiger partial charge in [0.05, 0.1) is 12.8 Å². The highest BCUT2D eigenvalue weighted by atomic mass is 35.5. The fourth-order valence-corrected chi connectivity index (χ4v) is 3.89. The molecule has 0 bridgehead atoms. The molecule has 1 amide bonds. The van der Waals surface area contributed by atoms with Crippen molar-refractivity contribution in [1.82, 2.24) is 15.3 Å². The third-order valence-corrected chi connectivity index (χ3v) is 6.04. The topological polar surface area (TPSA) is 109 Å². The lowest BCUT2D eigenvalue weighted by Gasteiger charge is -2.27. The Labute approximate surface area is 230 Å². The summed E-state index contributed by atoms with van der Waals surface area (Å²) in [7, 11) is 5.07. The van der Waals surface area contributed by atoms with E-state index in [-0.39, 0.29) is 18.3 Å². The van der Waals surface area contributed by atoms with E-state index >= 15 is 0 Å². The largest absolute Gasteiger partial charge is 0.480 e. The van der Waals surface area contributed by atoms with Gasteiger partial charge in [0, 0.05) is 57.8 Å². The Balaban J connectivity index is 0.00000247. The molecule has 2 N–H and O–H groups in total. The molecule has 1 aromatic carbocycles. The molecular formula is C27H39ClN6O4. The van der Waals surface area contributed by atoms with Gasteiger partial charge < -0.3 is 29.9 Å². The molecule has 0 spiro atoms. The van der Waals surface area contributed by atoms with Crippen molar-refractivity contribution < 1.29 is 19.1 Å². The third kappa shape index (κ3) is 9.18. The van der Waals surface area contributed by atoms with E-state index in [0.717, 1.165) is 31.6 Å². The Morgan fingerprint density at radius 3 is 2.63 bits per heavy atom. The minimum absolute atomic E-state index is 0.0320. The van der Waals surface area contributed by atoms with Gasteiger partial charge in [-0.1, -0.05) is 25.4 Å². The van der Waals surface area contributed by atoms with Crippen molar-refractivity contribution in [3.8, 4) is 0 Å². The van der Waals surface area contributed by atoms with Crippen LogP contribution in [-0.2, 0) is 19.1 Å². The minimum atomic E-state index is -0.335. The molecule has 2 aromatic rings. The number of carbonyl (C=O) groups excluding carboxylic acids is 2. The van der Waals surface area contributed by atoms with Crippen molar-refractivity contribution in [2.45, 2.75) is 33.1 Å². The van der Waals surface area contributed by atoms with Gasteiger partial charge in [0.25, 0.3) is 5.91 Å². The molecule has 2 heterocycles.